The van der Waals surface area contributed by atoms with E-state index >= 15 is 0 Å². The number of anilines is 1. The number of halogens is 3. The summed E-state index contributed by atoms with van der Waals surface area (Å²) in [6.07, 6.45) is 1.82. The van der Waals surface area contributed by atoms with Crippen molar-refractivity contribution in [2.24, 2.45) is 5.41 Å². The molecule has 1 aromatic carbocycles. The van der Waals surface area contributed by atoms with E-state index in [-0.39, 0.29) is 0 Å². The molecular weight excluding hydrogens is 281 g/mol. The standard InChI is InChI=1S/C15H17F3N2O/c1-3-5-15(9-19,6-4-2)14(21)20-13-8-11(17)10(16)7-12(13)18/h7-8H,3-6H2,1-2H3,(H,20,21). The van der Waals surface area contributed by atoms with Crippen LogP contribution in [0.1, 0.15) is 39.5 Å². The Morgan fingerprint density at radius 1 is 1.14 bits per heavy atom. The minimum atomic E-state index is -1.33. The minimum absolute atomic E-state index is 0.314. The molecule has 1 rings (SSSR count). The summed E-state index contributed by atoms with van der Waals surface area (Å²) in [5.74, 6) is -4.37. The molecule has 0 saturated carbocycles. The summed E-state index contributed by atoms with van der Waals surface area (Å²) in [5, 5.41) is 11.5. The van der Waals surface area contributed by atoms with E-state index in [9.17, 15) is 23.2 Å². The largest absolute Gasteiger partial charge is 0.322 e. The normalized spacial score (nSPS) is 11.0. The van der Waals surface area contributed by atoms with Crippen LogP contribution in [-0.4, -0.2) is 5.91 Å². The van der Waals surface area contributed by atoms with Crippen molar-refractivity contribution in [2.45, 2.75) is 39.5 Å². The van der Waals surface area contributed by atoms with Crippen LogP contribution in [0.4, 0.5) is 18.9 Å². The lowest BCUT2D eigenvalue weighted by Crippen LogP contribution is -2.35. The van der Waals surface area contributed by atoms with Gasteiger partial charge in [0.2, 0.25) is 5.91 Å². The molecule has 0 fully saturated rings. The molecule has 0 radical (unpaired) electrons. The van der Waals surface area contributed by atoms with Crippen molar-refractivity contribution in [3.8, 4) is 6.07 Å². The number of carbonyl (C=O) groups is 1. The van der Waals surface area contributed by atoms with Crippen LogP contribution in [0.2, 0.25) is 0 Å². The van der Waals surface area contributed by atoms with Crippen molar-refractivity contribution >= 4 is 11.6 Å². The third kappa shape index (κ3) is 3.75. The van der Waals surface area contributed by atoms with Crippen LogP contribution in [0.5, 0.6) is 0 Å². The molecule has 0 aliphatic heterocycles. The Bertz CT molecular complexity index is 561. The zero-order valence-corrected chi connectivity index (χ0v) is 12.0. The van der Waals surface area contributed by atoms with Crippen LogP contribution in [0, 0.1) is 34.2 Å². The van der Waals surface area contributed by atoms with Crippen LogP contribution in [0.3, 0.4) is 0 Å². The molecule has 0 aliphatic carbocycles. The Balaban J connectivity index is 3.08. The number of carbonyl (C=O) groups excluding carboxylic acids is 1. The predicted octanol–water partition coefficient (Wildman–Crippen LogP) is 4.15. The molecule has 0 unspecified atom stereocenters. The van der Waals surface area contributed by atoms with Gasteiger partial charge in [0, 0.05) is 12.1 Å². The van der Waals surface area contributed by atoms with Crippen molar-refractivity contribution < 1.29 is 18.0 Å². The molecule has 3 nitrogen and oxygen atoms in total. The van der Waals surface area contributed by atoms with Crippen LogP contribution >= 0.6 is 0 Å². The molecule has 0 spiro atoms. The Morgan fingerprint density at radius 2 is 1.67 bits per heavy atom. The molecule has 0 bridgehead atoms. The first-order chi connectivity index (χ1) is 9.90. The maximum absolute atomic E-state index is 13.6. The summed E-state index contributed by atoms with van der Waals surface area (Å²) in [7, 11) is 0. The second kappa shape index (κ2) is 7.11. The van der Waals surface area contributed by atoms with Gasteiger partial charge in [-0.1, -0.05) is 26.7 Å². The van der Waals surface area contributed by atoms with Gasteiger partial charge in [-0.15, -0.1) is 0 Å². The highest BCUT2D eigenvalue weighted by Gasteiger charge is 2.37. The summed E-state index contributed by atoms with van der Waals surface area (Å²) in [6.45, 7) is 3.65. The van der Waals surface area contributed by atoms with E-state index in [0.29, 0.717) is 37.8 Å². The molecule has 21 heavy (non-hydrogen) atoms. The van der Waals surface area contributed by atoms with Crippen LogP contribution < -0.4 is 5.32 Å². The second-order valence-corrected chi connectivity index (χ2v) is 4.89. The van der Waals surface area contributed by atoms with Gasteiger partial charge in [-0.2, -0.15) is 5.26 Å². The molecule has 1 amide bonds. The number of nitrogens with one attached hydrogen (secondary N) is 1. The highest BCUT2D eigenvalue weighted by molar-refractivity contribution is 5.97. The van der Waals surface area contributed by atoms with Gasteiger partial charge in [0.15, 0.2) is 11.6 Å². The molecular formula is C15H17F3N2O. The molecule has 114 valence electrons. The maximum Gasteiger partial charge on any atom is 0.244 e. The van der Waals surface area contributed by atoms with Crippen molar-refractivity contribution in [1.82, 2.24) is 0 Å². The molecule has 6 heteroatoms. The summed E-state index contributed by atoms with van der Waals surface area (Å²) >= 11 is 0. The van der Waals surface area contributed by atoms with Crippen LogP contribution in [0.25, 0.3) is 0 Å². The van der Waals surface area contributed by atoms with E-state index in [1.165, 1.54) is 0 Å². The fourth-order valence-corrected chi connectivity index (χ4v) is 2.23. The quantitative estimate of drug-likeness (QED) is 0.802. The Labute approximate surface area is 121 Å². The first-order valence-corrected chi connectivity index (χ1v) is 6.77. The SMILES string of the molecule is CCCC(C#N)(CCC)C(=O)Nc1cc(F)c(F)cc1F. The number of nitriles is 1. The van der Waals surface area contributed by atoms with Crippen molar-refractivity contribution in [3.63, 3.8) is 0 Å². The average Bonchev–Trinajstić information content (AvgIpc) is 2.44. The van der Waals surface area contributed by atoms with Crippen molar-refractivity contribution in [2.75, 3.05) is 5.32 Å². The lowest BCUT2D eigenvalue weighted by atomic mass is 9.79. The number of hydrogen-bond acceptors (Lipinski definition) is 2. The zero-order valence-electron chi connectivity index (χ0n) is 12.0. The number of rotatable bonds is 6. The van der Waals surface area contributed by atoms with E-state index in [4.69, 9.17) is 0 Å². The van der Waals surface area contributed by atoms with Crippen molar-refractivity contribution in [1.29, 1.82) is 5.26 Å². The highest BCUT2D eigenvalue weighted by Crippen LogP contribution is 2.31. The van der Waals surface area contributed by atoms with Crippen LogP contribution in [0.15, 0.2) is 12.1 Å². The van der Waals surface area contributed by atoms with Crippen molar-refractivity contribution in [3.05, 3.63) is 29.6 Å². The fourth-order valence-electron chi connectivity index (χ4n) is 2.23. The molecule has 1 aromatic rings. The molecule has 0 saturated heterocycles. The molecule has 0 heterocycles. The Kier molecular flexibility index (Phi) is 5.77. The number of nitrogens with zero attached hydrogens (tertiary/aromatic N) is 1. The average molecular weight is 298 g/mol. The summed E-state index contributed by atoms with van der Waals surface area (Å²) in [6, 6.07) is 2.91. The van der Waals surface area contributed by atoms with Gasteiger partial charge in [-0.05, 0) is 12.8 Å². The molecule has 0 atom stereocenters. The van der Waals surface area contributed by atoms with E-state index in [0.717, 1.165) is 0 Å². The van der Waals surface area contributed by atoms with Gasteiger partial charge in [0.05, 0.1) is 11.8 Å². The highest BCUT2D eigenvalue weighted by atomic mass is 19.2. The van der Waals surface area contributed by atoms with Gasteiger partial charge < -0.3 is 5.32 Å². The topological polar surface area (TPSA) is 52.9 Å². The monoisotopic (exact) mass is 298 g/mol. The number of hydrogen-bond donors (Lipinski definition) is 1. The summed E-state index contributed by atoms with van der Waals surface area (Å²) < 4.78 is 39.5. The Hall–Kier alpha value is -2.03. The van der Waals surface area contributed by atoms with Gasteiger partial charge in [-0.25, -0.2) is 13.2 Å². The van der Waals surface area contributed by atoms with E-state index in [1.807, 2.05) is 19.9 Å². The molecule has 0 aromatic heterocycles. The zero-order chi connectivity index (χ0) is 16.0. The predicted molar refractivity (Wildman–Crippen MR) is 72.8 cm³/mol. The van der Waals surface area contributed by atoms with E-state index < -0.39 is 34.5 Å². The third-order valence-corrected chi connectivity index (χ3v) is 3.26. The third-order valence-electron chi connectivity index (χ3n) is 3.26. The lowest BCUT2D eigenvalue weighted by Gasteiger charge is -2.24. The minimum Gasteiger partial charge on any atom is -0.322 e. The second-order valence-electron chi connectivity index (χ2n) is 4.89. The Morgan fingerprint density at radius 3 is 2.14 bits per heavy atom. The number of amides is 1. The van der Waals surface area contributed by atoms with Crippen LogP contribution in [-0.2, 0) is 4.79 Å². The summed E-state index contributed by atoms with van der Waals surface area (Å²) in [5.41, 5.74) is -1.76. The van der Waals surface area contributed by atoms with E-state index in [1.54, 1.807) is 0 Å². The number of benzene rings is 1. The van der Waals surface area contributed by atoms with E-state index in [2.05, 4.69) is 5.32 Å². The van der Waals surface area contributed by atoms with Gasteiger partial charge in [0.1, 0.15) is 11.2 Å². The smallest absolute Gasteiger partial charge is 0.244 e. The lowest BCUT2D eigenvalue weighted by molar-refractivity contribution is -0.123. The van der Waals surface area contributed by atoms with Gasteiger partial charge in [0.25, 0.3) is 0 Å². The first kappa shape index (κ1) is 17.0. The molecule has 0 aliphatic rings. The van der Waals surface area contributed by atoms with Gasteiger partial charge >= 0.3 is 0 Å². The van der Waals surface area contributed by atoms with Gasteiger partial charge in [-0.3, -0.25) is 4.79 Å². The summed E-state index contributed by atoms with van der Waals surface area (Å²) in [4.78, 5) is 12.3. The maximum atomic E-state index is 13.6. The first-order valence-electron chi connectivity index (χ1n) is 6.77. The molecule has 1 N–H and O–H groups in total. The fraction of sp³-hybridized carbons (Fsp3) is 0.467.